The van der Waals surface area contributed by atoms with Gasteiger partial charge in [-0.15, -0.1) is 0 Å². The summed E-state index contributed by atoms with van der Waals surface area (Å²) in [6.07, 6.45) is 1.82. The van der Waals surface area contributed by atoms with E-state index in [-0.39, 0.29) is 18.3 Å². The first kappa shape index (κ1) is 10.0. The molecule has 0 aromatic rings. The molecule has 4 heteroatoms. The predicted octanol–water partition coefficient (Wildman–Crippen LogP) is 0.345. The summed E-state index contributed by atoms with van der Waals surface area (Å²) >= 11 is 0. The number of hydrogen-bond acceptors (Lipinski definition) is 4. The van der Waals surface area contributed by atoms with Crippen molar-refractivity contribution in [2.75, 3.05) is 13.1 Å². The van der Waals surface area contributed by atoms with E-state index in [1.54, 1.807) is 0 Å². The topological polar surface area (TPSA) is 41.9 Å². The highest BCUT2D eigenvalue weighted by atomic mass is 16.8. The third-order valence-corrected chi connectivity index (χ3v) is 3.78. The fourth-order valence-electron chi connectivity index (χ4n) is 3.21. The number of hydrogen-bond donors (Lipinski definition) is 1. The van der Waals surface area contributed by atoms with Gasteiger partial charge in [-0.2, -0.15) is 0 Å². The van der Waals surface area contributed by atoms with E-state index in [4.69, 9.17) is 9.47 Å². The molecule has 3 aliphatic rings. The monoisotopic (exact) mass is 213 g/mol. The van der Waals surface area contributed by atoms with Crippen molar-refractivity contribution in [2.45, 2.75) is 56.8 Å². The molecule has 0 spiro atoms. The molecule has 4 atom stereocenters. The fourth-order valence-corrected chi connectivity index (χ4v) is 3.21. The fraction of sp³-hybridized carbons (Fsp3) is 1.00. The Labute approximate surface area is 90.2 Å². The highest BCUT2D eigenvalue weighted by Crippen LogP contribution is 2.38. The molecule has 0 saturated carbocycles. The van der Waals surface area contributed by atoms with E-state index in [2.05, 4.69) is 4.90 Å². The lowest BCUT2D eigenvalue weighted by Gasteiger charge is -2.39. The summed E-state index contributed by atoms with van der Waals surface area (Å²) in [4.78, 5) is 2.34. The van der Waals surface area contributed by atoms with Crippen molar-refractivity contribution in [3.05, 3.63) is 0 Å². The summed E-state index contributed by atoms with van der Waals surface area (Å²) in [6, 6.07) is 0.295. The summed E-state index contributed by atoms with van der Waals surface area (Å²) in [7, 11) is 0. The van der Waals surface area contributed by atoms with Gasteiger partial charge in [-0.3, -0.25) is 4.90 Å². The van der Waals surface area contributed by atoms with Gasteiger partial charge in [-0.05, 0) is 33.2 Å². The number of rotatable bonds is 0. The molecule has 0 aromatic carbocycles. The Bertz CT molecular complexity index is 267. The first-order valence-corrected chi connectivity index (χ1v) is 5.85. The first-order valence-electron chi connectivity index (χ1n) is 5.85. The maximum Gasteiger partial charge on any atom is 0.163 e. The van der Waals surface area contributed by atoms with Crippen molar-refractivity contribution in [1.29, 1.82) is 0 Å². The molecule has 15 heavy (non-hydrogen) atoms. The molecule has 0 amide bonds. The molecule has 3 aliphatic heterocycles. The molecular weight excluding hydrogens is 194 g/mol. The van der Waals surface area contributed by atoms with Crippen molar-refractivity contribution in [3.63, 3.8) is 0 Å². The summed E-state index contributed by atoms with van der Waals surface area (Å²) in [5.41, 5.74) is 0. The molecule has 1 N–H and O–H groups in total. The minimum absolute atomic E-state index is 0.0457. The van der Waals surface area contributed by atoms with Gasteiger partial charge in [0.1, 0.15) is 12.2 Å². The summed E-state index contributed by atoms with van der Waals surface area (Å²) < 4.78 is 11.6. The predicted molar refractivity (Wildman–Crippen MR) is 54.4 cm³/mol. The number of piperidine rings is 1. The lowest BCUT2D eigenvalue weighted by Crippen LogP contribution is -2.57. The van der Waals surface area contributed by atoms with E-state index < -0.39 is 5.79 Å². The third kappa shape index (κ3) is 1.51. The maximum absolute atomic E-state index is 10.2. The van der Waals surface area contributed by atoms with Crippen LogP contribution >= 0.6 is 0 Å². The van der Waals surface area contributed by atoms with Gasteiger partial charge in [-0.25, -0.2) is 0 Å². The summed E-state index contributed by atoms with van der Waals surface area (Å²) in [5, 5.41) is 10.2. The van der Waals surface area contributed by atoms with Crippen molar-refractivity contribution in [1.82, 2.24) is 4.90 Å². The SMILES string of the molecule is CC1(C)O[C@H]2[C@@H](O)[C@@H]3CCCN3C[C@@H]2O1. The van der Waals surface area contributed by atoms with Crippen LogP contribution in [-0.4, -0.2) is 53.2 Å². The van der Waals surface area contributed by atoms with E-state index in [0.29, 0.717) is 6.04 Å². The highest BCUT2D eigenvalue weighted by molar-refractivity contribution is 5.01. The van der Waals surface area contributed by atoms with Crippen molar-refractivity contribution >= 4 is 0 Å². The average Bonchev–Trinajstić information content (AvgIpc) is 2.68. The van der Waals surface area contributed by atoms with Crippen molar-refractivity contribution in [3.8, 4) is 0 Å². The lowest BCUT2D eigenvalue weighted by atomic mass is 9.94. The molecule has 3 fully saturated rings. The quantitative estimate of drug-likeness (QED) is 0.630. The van der Waals surface area contributed by atoms with E-state index in [1.165, 1.54) is 6.42 Å². The van der Waals surface area contributed by atoms with Crippen LogP contribution in [0, 0.1) is 0 Å². The zero-order chi connectivity index (χ0) is 10.6. The first-order chi connectivity index (χ1) is 7.07. The van der Waals surface area contributed by atoms with Crippen LogP contribution in [0.3, 0.4) is 0 Å². The molecule has 86 valence electrons. The molecule has 0 aliphatic carbocycles. The molecular formula is C11H19NO3. The molecule has 3 saturated heterocycles. The van der Waals surface area contributed by atoms with Gasteiger partial charge >= 0.3 is 0 Å². The van der Waals surface area contributed by atoms with Gasteiger partial charge in [0.2, 0.25) is 0 Å². The molecule has 3 rings (SSSR count). The Morgan fingerprint density at radius 1 is 1.33 bits per heavy atom. The Morgan fingerprint density at radius 3 is 2.93 bits per heavy atom. The Morgan fingerprint density at radius 2 is 2.13 bits per heavy atom. The lowest BCUT2D eigenvalue weighted by molar-refractivity contribution is -0.154. The van der Waals surface area contributed by atoms with E-state index in [1.807, 2.05) is 13.8 Å². The standard InChI is InChI=1S/C11H19NO3/c1-11(2)14-8-6-12-5-3-4-7(12)9(13)10(8)15-11/h7-10,13H,3-6H2,1-2H3/t7-,8-,9-,10+/m0/s1. The van der Waals surface area contributed by atoms with Crippen molar-refractivity contribution < 1.29 is 14.6 Å². The number of aliphatic hydroxyl groups excluding tert-OH is 1. The number of aliphatic hydroxyl groups is 1. The van der Waals surface area contributed by atoms with Crippen LogP contribution < -0.4 is 0 Å². The van der Waals surface area contributed by atoms with E-state index in [0.717, 1.165) is 19.5 Å². The van der Waals surface area contributed by atoms with Crippen LogP contribution in [-0.2, 0) is 9.47 Å². The number of ether oxygens (including phenoxy) is 2. The van der Waals surface area contributed by atoms with Gasteiger partial charge in [0, 0.05) is 12.6 Å². The van der Waals surface area contributed by atoms with Crippen LogP contribution in [0.5, 0.6) is 0 Å². The molecule has 0 unspecified atom stereocenters. The van der Waals surface area contributed by atoms with Gasteiger partial charge in [-0.1, -0.05) is 0 Å². The van der Waals surface area contributed by atoms with E-state index >= 15 is 0 Å². The van der Waals surface area contributed by atoms with Crippen LogP contribution in [0.25, 0.3) is 0 Å². The van der Waals surface area contributed by atoms with Gasteiger partial charge < -0.3 is 14.6 Å². The zero-order valence-electron chi connectivity index (χ0n) is 9.35. The number of fused-ring (bicyclic) bond motifs is 2. The van der Waals surface area contributed by atoms with E-state index in [9.17, 15) is 5.11 Å². The molecule has 0 aromatic heterocycles. The summed E-state index contributed by atoms with van der Waals surface area (Å²) in [6.45, 7) is 5.84. The number of nitrogens with zero attached hydrogens (tertiary/aromatic N) is 1. The largest absolute Gasteiger partial charge is 0.389 e. The molecule has 0 radical (unpaired) electrons. The third-order valence-electron chi connectivity index (χ3n) is 3.78. The zero-order valence-corrected chi connectivity index (χ0v) is 9.35. The minimum Gasteiger partial charge on any atom is -0.389 e. The second-order valence-electron chi connectivity index (χ2n) is 5.33. The normalized spacial score (nSPS) is 49.0. The van der Waals surface area contributed by atoms with Crippen LogP contribution in [0.1, 0.15) is 26.7 Å². The maximum atomic E-state index is 10.2. The average molecular weight is 213 g/mol. The second-order valence-corrected chi connectivity index (χ2v) is 5.33. The Hall–Kier alpha value is -0.160. The smallest absolute Gasteiger partial charge is 0.163 e. The van der Waals surface area contributed by atoms with Crippen LogP contribution in [0.15, 0.2) is 0 Å². The second kappa shape index (κ2) is 3.17. The van der Waals surface area contributed by atoms with Crippen molar-refractivity contribution in [2.24, 2.45) is 0 Å². The molecule has 4 nitrogen and oxygen atoms in total. The van der Waals surface area contributed by atoms with Crippen LogP contribution in [0.2, 0.25) is 0 Å². The molecule has 3 heterocycles. The van der Waals surface area contributed by atoms with Gasteiger partial charge in [0.25, 0.3) is 0 Å². The molecule has 0 bridgehead atoms. The van der Waals surface area contributed by atoms with Gasteiger partial charge in [0.15, 0.2) is 5.79 Å². The summed E-state index contributed by atoms with van der Waals surface area (Å²) in [5.74, 6) is -0.532. The Balaban J connectivity index is 1.81. The van der Waals surface area contributed by atoms with Gasteiger partial charge in [0.05, 0.1) is 6.10 Å². The minimum atomic E-state index is -0.532. The van der Waals surface area contributed by atoms with Crippen LogP contribution in [0.4, 0.5) is 0 Å². The Kier molecular flexibility index (Phi) is 2.12. The highest BCUT2D eigenvalue weighted by Gasteiger charge is 2.52.